The van der Waals surface area contributed by atoms with Crippen LogP contribution in [0.3, 0.4) is 0 Å². The lowest BCUT2D eigenvalue weighted by atomic mass is 10.1. The Hall–Kier alpha value is -3.09. The molecule has 3 aromatic rings. The molecule has 0 radical (unpaired) electrons. The summed E-state index contributed by atoms with van der Waals surface area (Å²) in [4.78, 5) is 16.7. The second-order valence-electron chi connectivity index (χ2n) is 6.03. The second-order valence-corrected chi connectivity index (χ2v) is 6.03. The van der Waals surface area contributed by atoms with Crippen molar-refractivity contribution in [2.45, 2.75) is 19.8 Å². The molecule has 0 aliphatic rings. The Morgan fingerprint density at radius 2 is 2.04 bits per heavy atom. The van der Waals surface area contributed by atoms with Crippen molar-refractivity contribution in [1.29, 1.82) is 0 Å². The lowest BCUT2D eigenvalue weighted by Gasteiger charge is -2.10. The molecule has 2 heterocycles. The van der Waals surface area contributed by atoms with E-state index in [1.807, 2.05) is 38.2 Å². The Morgan fingerprint density at radius 3 is 2.77 bits per heavy atom. The number of benzene rings is 1. The van der Waals surface area contributed by atoms with Gasteiger partial charge in [-0.15, -0.1) is 0 Å². The van der Waals surface area contributed by atoms with Gasteiger partial charge in [-0.2, -0.15) is 5.10 Å². The van der Waals surface area contributed by atoms with Crippen molar-refractivity contribution in [3.8, 4) is 11.5 Å². The molecular formula is C19H22N4O3. The van der Waals surface area contributed by atoms with Crippen molar-refractivity contribution >= 4 is 22.6 Å². The summed E-state index contributed by atoms with van der Waals surface area (Å²) in [5.41, 5.74) is 3.27. The SMILES string of the molecule is COc1ccc(OC)c(CCC(=O)Nc2cnc3c(c2)c(C)nn3C)c1. The number of methoxy groups -OCH3 is 2. The average molecular weight is 354 g/mol. The molecule has 1 N–H and O–H groups in total. The van der Waals surface area contributed by atoms with Gasteiger partial charge in [-0.05, 0) is 43.2 Å². The molecule has 0 bridgehead atoms. The molecule has 136 valence electrons. The average Bonchev–Trinajstić information content (AvgIpc) is 2.93. The number of hydrogen-bond acceptors (Lipinski definition) is 5. The summed E-state index contributed by atoms with van der Waals surface area (Å²) in [5, 5.41) is 8.16. The van der Waals surface area contributed by atoms with Crippen LogP contribution in [-0.4, -0.2) is 34.9 Å². The molecule has 1 amide bonds. The predicted molar refractivity (Wildman–Crippen MR) is 99.7 cm³/mol. The minimum absolute atomic E-state index is 0.0856. The number of nitrogens with zero attached hydrogens (tertiary/aromatic N) is 3. The number of amides is 1. The van der Waals surface area contributed by atoms with Crippen LogP contribution < -0.4 is 14.8 Å². The van der Waals surface area contributed by atoms with Crippen molar-refractivity contribution in [3.63, 3.8) is 0 Å². The lowest BCUT2D eigenvalue weighted by Crippen LogP contribution is -2.13. The Labute approximate surface area is 151 Å². The smallest absolute Gasteiger partial charge is 0.224 e. The van der Waals surface area contributed by atoms with E-state index in [9.17, 15) is 4.79 Å². The van der Waals surface area contributed by atoms with Crippen LogP contribution in [-0.2, 0) is 18.3 Å². The van der Waals surface area contributed by atoms with Gasteiger partial charge in [0.05, 0.1) is 31.8 Å². The predicted octanol–water partition coefficient (Wildman–Crippen LogP) is 2.87. The highest BCUT2D eigenvalue weighted by atomic mass is 16.5. The Bertz CT molecular complexity index is 949. The Morgan fingerprint density at radius 1 is 1.23 bits per heavy atom. The van der Waals surface area contributed by atoms with E-state index in [0.717, 1.165) is 33.8 Å². The molecule has 1 aromatic carbocycles. The molecule has 2 aromatic heterocycles. The number of ether oxygens (including phenoxy) is 2. The van der Waals surface area contributed by atoms with Gasteiger partial charge in [-0.3, -0.25) is 9.48 Å². The summed E-state index contributed by atoms with van der Waals surface area (Å²) in [6, 6.07) is 7.46. The van der Waals surface area contributed by atoms with Crippen LogP contribution in [0.25, 0.3) is 11.0 Å². The zero-order valence-corrected chi connectivity index (χ0v) is 15.4. The largest absolute Gasteiger partial charge is 0.497 e. The molecule has 26 heavy (non-hydrogen) atoms. The summed E-state index contributed by atoms with van der Waals surface area (Å²) in [6.07, 6.45) is 2.52. The summed E-state index contributed by atoms with van der Waals surface area (Å²) in [7, 11) is 5.08. The molecule has 7 nitrogen and oxygen atoms in total. The summed E-state index contributed by atoms with van der Waals surface area (Å²) in [6.45, 7) is 1.92. The third-order valence-electron chi connectivity index (χ3n) is 4.26. The third-order valence-corrected chi connectivity index (χ3v) is 4.26. The third kappa shape index (κ3) is 3.61. The molecular weight excluding hydrogens is 332 g/mol. The van der Waals surface area contributed by atoms with E-state index in [2.05, 4.69) is 15.4 Å². The van der Waals surface area contributed by atoms with E-state index in [1.54, 1.807) is 25.1 Å². The number of anilines is 1. The molecule has 0 aliphatic carbocycles. The van der Waals surface area contributed by atoms with Crippen molar-refractivity contribution in [3.05, 3.63) is 41.7 Å². The van der Waals surface area contributed by atoms with E-state index in [-0.39, 0.29) is 5.91 Å². The summed E-state index contributed by atoms with van der Waals surface area (Å²) >= 11 is 0. The van der Waals surface area contributed by atoms with Crippen LogP contribution >= 0.6 is 0 Å². The van der Waals surface area contributed by atoms with Gasteiger partial charge >= 0.3 is 0 Å². The number of carbonyl (C=O) groups is 1. The zero-order chi connectivity index (χ0) is 18.7. The Balaban J connectivity index is 1.69. The molecule has 0 unspecified atom stereocenters. The van der Waals surface area contributed by atoms with Crippen molar-refractivity contribution in [1.82, 2.24) is 14.8 Å². The van der Waals surface area contributed by atoms with Gasteiger partial charge in [-0.1, -0.05) is 0 Å². The fraction of sp³-hybridized carbons (Fsp3) is 0.316. The topological polar surface area (TPSA) is 78.3 Å². The first kappa shape index (κ1) is 17.7. The first-order valence-electron chi connectivity index (χ1n) is 8.32. The van der Waals surface area contributed by atoms with Crippen molar-refractivity contribution in [2.75, 3.05) is 19.5 Å². The highest BCUT2D eigenvalue weighted by molar-refractivity contribution is 5.93. The minimum Gasteiger partial charge on any atom is -0.497 e. The van der Waals surface area contributed by atoms with Crippen molar-refractivity contribution < 1.29 is 14.3 Å². The number of nitrogens with one attached hydrogen (secondary N) is 1. The summed E-state index contributed by atoms with van der Waals surface area (Å²) < 4.78 is 12.3. The second kappa shape index (κ2) is 7.43. The number of carbonyl (C=O) groups excluding carboxylic acids is 1. The molecule has 0 spiro atoms. The normalized spacial score (nSPS) is 10.8. The maximum atomic E-state index is 12.3. The fourth-order valence-corrected chi connectivity index (χ4v) is 2.93. The first-order chi connectivity index (χ1) is 12.5. The molecule has 3 rings (SSSR count). The standard InChI is InChI=1S/C19H22N4O3/c1-12-16-10-14(11-20-19(16)23(2)22-12)21-18(24)8-5-13-9-15(25-3)6-7-17(13)26-4/h6-7,9-11H,5,8H2,1-4H3,(H,21,24). The first-order valence-corrected chi connectivity index (χ1v) is 8.32. The maximum absolute atomic E-state index is 12.3. The minimum atomic E-state index is -0.0856. The molecule has 7 heteroatoms. The molecule has 0 atom stereocenters. The van der Waals surface area contributed by atoms with Crippen LogP contribution in [0, 0.1) is 6.92 Å². The van der Waals surface area contributed by atoms with Crippen LogP contribution in [0.5, 0.6) is 11.5 Å². The van der Waals surface area contributed by atoms with Gasteiger partial charge in [0.25, 0.3) is 0 Å². The van der Waals surface area contributed by atoms with Gasteiger partial charge in [0.15, 0.2) is 5.65 Å². The number of aryl methyl sites for hydroxylation is 3. The number of aromatic nitrogens is 3. The molecule has 0 saturated carbocycles. The summed E-state index contributed by atoms with van der Waals surface area (Å²) in [5.74, 6) is 1.40. The molecule has 0 saturated heterocycles. The van der Waals surface area contributed by atoms with Gasteiger partial charge in [-0.25, -0.2) is 4.98 Å². The number of hydrogen-bond donors (Lipinski definition) is 1. The number of rotatable bonds is 6. The van der Waals surface area contributed by atoms with Crippen LogP contribution in [0.4, 0.5) is 5.69 Å². The number of pyridine rings is 1. The van der Waals surface area contributed by atoms with Gasteiger partial charge in [0, 0.05) is 18.9 Å². The van der Waals surface area contributed by atoms with Crippen LogP contribution in [0.15, 0.2) is 30.5 Å². The highest BCUT2D eigenvalue weighted by Crippen LogP contribution is 2.25. The lowest BCUT2D eigenvalue weighted by molar-refractivity contribution is -0.116. The van der Waals surface area contributed by atoms with E-state index in [1.165, 1.54) is 0 Å². The van der Waals surface area contributed by atoms with Crippen molar-refractivity contribution in [2.24, 2.45) is 7.05 Å². The van der Waals surface area contributed by atoms with Gasteiger partial charge in [0.1, 0.15) is 11.5 Å². The fourth-order valence-electron chi connectivity index (χ4n) is 2.93. The van der Waals surface area contributed by atoms with Gasteiger partial charge < -0.3 is 14.8 Å². The monoisotopic (exact) mass is 354 g/mol. The van der Waals surface area contributed by atoms with E-state index < -0.39 is 0 Å². The highest BCUT2D eigenvalue weighted by Gasteiger charge is 2.11. The Kier molecular flexibility index (Phi) is 5.06. The quantitative estimate of drug-likeness (QED) is 0.736. The van der Waals surface area contributed by atoms with E-state index in [0.29, 0.717) is 18.5 Å². The maximum Gasteiger partial charge on any atom is 0.224 e. The van der Waals surface area contributed by atoms with Crippen LogP contribution in [0.1, 0.15) is 17.7 Å². The zero-order valence-electron chi connectivity index (χ0n) is 15.4. The van der Waals surface area contributed by atoms with Gasteiger partial charge in [0.2, 0.25) is 5.91 Å². The molecule has 0 fully saturated rings. The number of fused-ring (bicyclic) bond motifs is 1. The van der Waals surface area contributed by atoms with E-state index >= 15 is 0 Å². The van der Waals surface area contributed by atoms with E-state index in [4.69, 9.17) is 9.47 Å². The molecule has 0 aliphatic heterocycles. The van der Waals surface area contributed by atoms with Crippen LogP contribution in [0.2, 0.25) is 0 Å².